The summed E-state index contributed by atoms with van der Waals surface area (Å²) in [5.74, 6) is -0.360. The average Bonchev–Trinajstić information content (AvgIpc) is 3.46. The number of carbonyl (C=O) groups is 1. The van der Waals surface area contributed by atoms with E-state index in [0.29, 0.717) is 11.0 Å². The van der Waals surface area contributed by atoms with E-state index >= 15 is 0 Å². The molecule has 0 radical (unpaired) electrons. The molecule has 1 aliphatic heterocycles. The molecule has 2 N–H and O–H groups in total. The van der Waals surface area contributed by atoms with Crippen LogP contribution in [0.15, 0.2) is 71.3 Å². The number of nitrogens with zero attached hydrogens (tertiary/aromatic N) is 5. The minimum absolute atomic E-state index is 0.000977. The number of halogens is 3. The van der Waals surface area contributed by atoms with Crippen LogP contribution in [-0.4, -0.2) is 52.8 Å². The Balaban J connectivity index is 1.34. The topological polar surface area (TPSA) is 93.4 Å². The molecule has 0 aliphatic carbocycles. The Bertz CT molecular complexity index is 1750. The number of nitrogens with two attached hydrogens (primary N) is 1. The molecule has 8 nitrogen and oxygen atoms in total. The van der Waals surface area contributed by atoms with Crippen LogP contribution in [0.2, 0.25) is 0 Å². The molecule has 3 aromatic carbocycles. The number of carbonyl (C=O) groups excluding carboxylic acids is 1. The molecule has 11 heteroatoms. The van der Waals surface area contributed by atoms with Crippen molar-refractivity contribution in [1.82, 2.24) is 19.8 Å². The lowest BCUT2D eigenvalue weighted by atomic mass is 9.99. The molecule has 0 saturated carbocycles. The Morgan fingerprint density at radius 1 is 1.02 bits per heavy atom. The van der Waals surface area contributed by atoms with Crippen LogP contribution in [0.25, 0.3) is 27.8 Å². The van der Waals surface area contributed by atoms with Gasteiger partial charge in [-0.3, -0.25) is 4.79 Å². The van der Waals surface area contributed by atoms with E-state index in [9.17, 15) is 18.0 Å². The zero-order chi connectivity index (χ0) is 28.9. The fourth-order valence-electron chi connectivity index (χ4n) is 5.39. The van der Waals surface area contributed by atoms with E-state index in [0.717, 1.165) is 28.0 Å². The number of Topliss-reactive ketones (excluding diaryl/α,β-unsaturated/α-hetero) is 1. The quantitative estimate of drug-likeness (QED) is 0.300. The number of hydrogen-bond acceptors (Lipinski definition) is 7. The molecule has 0 saturated heterocycles. The number of benzene rings is 3. The first-order chi connectivity index (χ1) is 19.6. The van der Waals surface area contributed by atoms with Gasteiger partial charge in [0, 0.05) is 24.3 Å². The van der Waals surface area contributed by atoms with Crippen LogP contribution < -0.4 is 10.6 Å². The van der Waals surface area contributed by atoms with E-state index in [1.807, 2.05) is 55.4 Å². The standard InChI is InChI=1S/C30H27F3N6O2/c1-37(2)16-19-5-3-4-6-22(19)18-7-9-20(10-8-18)38-14-13-23-27(25(40)17-38)39(35-28(23)30(31,32)33)21-11-12-26-24(15-21)29(34)36-41-26/h3-12,15H,13-14,16-17H2,1-2H3,(H2,34,36). The third-order valence-corrected chi connectivity index (χ3v) is 7.26. The Labute approximate surface area is 233 Å². The molecule has 1 aliphatic rings. The van der Waals surface area contributed by atoms with Crippen LogP contribution in [0.1, 0.15) is 27.3 Å². The summed E-state index contributed by atoms with van der Waals surface area (Å²) < 4.78 is 48.5. The van der Waals surface area contributed by atoms with Crippen LogP contribution in [-0.2, 0) is 19.1 Å². The Morgan fingerprint density at radius 2 is 1.76 bits per heavy atom. The average molecular weight is 561 g/mol. The van der Waals surface area contributed by atoms with Gasteiger partial charge in [-0.15, -0.1) is 0 Å². The van der Waals surface area contributed by atoms with Crippen molar-refractivity contribution in [2.45, 2.75) is 19.1 Å². The number of anilines is 2. The molecule has 3 heterocycles. The largest absolute Gasteiger partial charge is 0.435 e. The molecule has 0 spiro atoms. The Hall–Kier alpha value is -4.64. The van der Waals surface area contributed by atoms with Crippen LogP contribution in [0.4, 0.5) is 24.7 Å². The van der Waals surface area contributed by atoms with E-state index in [1.54, 1.807) is 6.07 Å². The van der Waals surface area contributed by atoms with Crippen molar-refractivity contribution >= 4 is 28.3 Å². The molecule has 0 amide bonds. The van der Waals surface area contributed by atoms with Crippen LogP contribution in [0.5, 0.6) is 0 Å². The van der Waals surface area contributed by atoms with E-state index in [-0.39, 0.29) is 42.3 Å². The lowest BCUT2D eigenvalue weighted by Gasteiger charge is -2.23. The lowest BCUT2D eigenvalue weighted by molar-refractivity contribution is -0.141. The first kappa shape index (κ1) is 26.6. The molecule has 210 valence electrons. The zero-order valence-electron chi connectivity index (χ0n) is 22.4. The number of ketones is 1. The summed E-state index contributed by atoms with van der Waals surface area (Å²) in [5.41, 5.74) is 9.31. The van der Waals surface area contributed by atoms with E-state index in [4.69, 9.17) is 10.3 Å². The van der Waals surface area contributed by atoms with Gasteiger partial charge in [0.1, 0.15) is 5.69 Å². The minimum atomic E-state index is -4.73. The van der Waals surface area contributed by atoms with Gasteiger partial charge in [-0.25, -0.2) is 4.68 Å². The number of alkyl halides is 3. The fourth-order valence-corrected chi connectivity index (χ4v) is 5.39. The normalized spacial score (nSPS) is 14.1. The van der Waals surface area contributed by atoms with E-state index in [1.165, 1.54) is 17.7 Å². The van der Waals surface area contributed by atoms with Gasteiger partial charge in [0.2, 0.25) is 5.78 Å². The summed E-state index contributed by atoms with van der Waals surface area (Å²) in [6.45, 7) is 0.915. The predicted octanol–water partition coefficient (Wildman–Crippen LogP) is 5.59. The van der Waals surface area contributed by atoms with Gasteiger partial charge in [0.15, 0.2) is 17.1 Å². The number of rotatable bonds is 5. The summed E-state index contributed by atoms with van der Waals surface area (Å²) in [6, 6.07) is 20.5. The molecule has 2 aromatic heterocycles. The van der Waals surface area contributed by atoms with Gasteiger partial charge in [-0.1, -0.05) is 41.6 Å². The molecule has 6 rings (SSSR count). The molecule has 0 atom stereocenters. The third kappa shape index (κ3) is 4.93. The second-order valence-electron chi connectivity index (χ2n) is 10.4. The smallest absolute Gasteiger partial charge is 0.380 e. The molecule has 41 heavy (non-hydrogen) atoms. The summed E-state index contributed by atoms with van der Waals surface area (Å²) in [7, 11) is 4.03. The number of hydrogen-bond donors (Lipinski definition) is 1. The molecular formula is C30H27F3N6O2. The second kappa shape index (κ2) is 10.1. The van der Waals surface area contributed by atoms with Gasteiger partial charge in [0.25, 0.3) is 0 Å². The highest BCUT2D eigenvalue weighted by atomic mass is 19.4. The van der Waals surface area contributed by atoms with Gasteiger partial charge in [0.05, 0.1) is 17.6 Å². The summed E-state index contributed by atoms with van der Waals surface area (Å²) in [6.07, 6.45) is -4.73. The number of aromatic nitrogens is 3. The number of nitrogen functional groups attached to an aromatic ring is 1. The highest BCUT2D eigenvalue weighted by Crippen LogP contribution is 2.37. The SMILES string of the molecule is CN(C)Cc1ccccc1-c1ccc(N2CCc3c(C(F)(F)F)nn(-c4ccc5onc(N)c5c4)c3C(=O)C2)cc1. The van der Waals surface area contributed by atoms with Crippen LogP contribution in [0, 0.1) is 0 Å². The summed E-state index contributed by atoms with van der Waals surface area (Å²) in [5, 5.41) is 8.00. The summed E-state index contributed by atoms with van der Waals surface area (Å²) >= 11 is 0. The molecule has 0 fully saturated rings. The van der Waals surface area contributed by atoms with Gasteiger partial charge in [-0.2, -0.15) is 18.3 Å². The minimum Gasteiger partial charge on any atom is -0.380 e. The van der Waals surface area contributed by atoms with Crippen molar-refractivity contribution in [3.05, 3.63) is 89.2 Å². The van der Waals surface area contributed by atoms with Crippen molar-refractivity contribution in [2.75, 3.05) is 37.8 Å². The predicted molar refractivity (Wildman–Crippen MR) is 150 cm³/mol. The highest BCUT2D eigenvalue weighted by Gasteiger charge is 2.41. The Kier molecular flexibility index (Phi) is 6.53. The van der Waals surface area contributed by atoms with Crippen molar-refractivity contribution in [2.24, 2.45) is 0 Å². The maximum Gasteiger partial charge on any atom is 0.435 e. The Morgan fingerprint density at radius 3 is 2.49 bits per heavy atom. The molecule has 0 unspecified atom stereocenters. The molecular weight excluding hydrogens is 533 g/mol. The fraction of sp³-hybridized carbons (Fsp3) is 0.233. The number of fused-ring (bicyclic) bond motifs is 2. The van der Waals surface area contributed by atoms with Gasteiger partial charge in [-0.05, 0) is 67.5 Å². The van der Waals surface area contributed by atoms with E-state index < -0.39 is 17.7 Å². The maximum atomic E-state index is 14.1. The monoisotopic (exact) mass is 560 g/mol. The lowest BCUT2D eigenvalue weighted by Crippen LogP contribution is -2.30. The van der Waals surface area contributed by atoms with Crippen molar-refractivity contribution < 1.29 is 22.5 Å². The van der Waals surface area contributed by atoms with Crippen molar-refractivity contribution in [3.8, 4) is 16.8 Å². The summed E-state index contributed by atoms with van der Waals surface area (Å²) in [4.78, 5) is 17.5. The van der Waals surface area contributed by atoms with Crippen molar-refractivity contribution in [1.29, 1.82) is 0 Å². The van der Waals surface area contributed by atoms with Crippen molar-refractivity contribution in [3.63, 3.8) is 0 Å². The molecule has 0 bridgehead atoms. The molecule has 5 aromatic rings. The van der Waals surface area contributed by atoms with Crippen LogP contribution >= 0.6 is 0 Å². The van der Waals surface area contributed by atoms with E-state index in [2.05, 4.69) is 27.3 Å². The first-order valence-electron chi connectivity index (χ1n) is 13.1. The van der Waals surface area contributed by atoms with Gasteiger partial charge >= 0.3 is 6.18 Å². The van der Waals surface area contributed by atoms with Crippen LogP contribution in [0.3, 0.4) is 0 Å². The highest BCUT2D eigenvalue weighted by molar-refractivity contribution is 6.01. The second-order valence-corrected chi connectivity index (χ2v) is 10.4. The van der Waals surface area contributed by atoms with Gasteiger partial charge < -0.3 is 20.1 Å². The third-order valence-electron chi connectivity index (χ3n) is 7.26. The maximum absolute atomic E-state index is 14.1. The first-order valence-corrected chi connectivity index (χ1v) is 13.1. The zero-order valence-corrected chi connectivity index (χ0v) is 22.4.